The molecule has 0 atom stereocenters. The van der Waals surface area contributed by atoms with Crippen molar-refractivity contribution in [2.75, 3.05) is 11.5 Å². The molecule has 4 heteroatoms. The van der Waals surface area contributed by atoms with Crippen LogP contribution >= 0.6 is 0 Å². The summed E-state index contributed by atoms with van der Waals surface area (Å²) >= 11 is 0. The number of carbonyl (C=O) groups excluding carboxylic acids is 1. The number of ketones is 1. The Morgan fingerprint density at radius 3 is 2.29 bits per heavy atom. The Kier molecular flexibility index (Phi) is 6.00. The van der Waals surface area contributed by atoms with Gasteiger partial charge in [0.2, 0.25) is 0 Å². The SMILES string of the molecule is CCC(=O)CCCS(=O)(=O)CC(C)C. The molecule has 0 aromatic heterocycles. The molecule has 0 spiro atoms. The zero-order chi connectivity index (χ0) is 11.2. The van der Waals surface area contributed by atoms with Gasteiger partial charge in [0.25, 0.3) is 0 Å². The van der Waals surface area contributed by atoms with Gasteiger partial charge in [-0.15, -0.1) is 0 Å². The van der Waals surface area contributed by atoms with Gasteiger partial charge in [-0.25, -0.2) is 8.42 Å². The van der Waals surface area contributed by atoms with Crippen molar-refractivity contribution in [2.24, 2.45) is 5.92 Å². The molecule has 0 amide bonds. The molecule has 0 unspecified atom stereocenters. The van der Waals surface area contributed by atoms with Crippen molar-refractivity contribution in [3.05, 3.63) is 0 Å². The minimum Gasteiger partial charge on any atom is -0.300 e. The summed E-state index contributed by atoms with van der Waals surface area (Å²) in [6.07, 6.45) is 1.37. The monoisotopic (exact) mass is 220 g/mol. The van der Waals surface area contributed by atoms with E-state index in [2.05, 4.69) is 0 Å². The van der Waals surface area contributed by atoms with E-state index >= 15 is 0 Å². The van der Waals surface area contributed by atoms with Crippen LogP contribution in [0.3, 0.4) is 0 Å². The molecule has 0 radical (unpaired) electrons. The van der Waals surface area contributed by atoms with Crippen LogP contribution in [0.5, 0.6) is 0 Å². The van der Waals surface area contributed by atoms with Crippen molar-refractivity contribution >= 4 is 15.6 Å². The summed E-state index contributed by atoms with van der Waals surface area (Å²) in [6, 6.07) is 0. The van der Waals surface area contributed by atoms with Gasteiger partial charge < -0.3 is 0 Å². The number of hydrogen-bond donors (Lipinski definition) is 0. The summed E-state index contributed by atoms with van der Waals surface area (Å²) < 4.78 is 22.8. The van der Waals surface area contributed by atoms with Gasteiger partial charge in [0.15, 0.2) is 9.84 Å². The predicted octanol–water partition coefficient (Wildman–Crippen LogP) is 1.82. The number of carbonyl (C=O) groups is 1. The molecule has 14 heavy (non-hydrogen) atoms. The van der Waals surface area contributed by atoms with Crippen LogP contribution in [0.2, 0.25) is 0 Å². The van der Waals surface area contributed by atoms with Crippen LogP contribution in [0.15, 0.2) is 0 Å². The second kappa shape index (κ2) is 6.17. The molecular weight excluding hydrogens is 200 g/mol. The van der Waals surface area contributed by atoms with Crippen LogP contribution in [0.25, 0.3) is 0 Å². The summed E-state index contributed by atoms with van der Waals surface area (Å²) in [5, 5.41) is 0. The normalized spacial score (nSPS) is 12.0. The van der Waals surface area contributed by atoms with Gasteiger partial charge in [-0.2, -0.15) is 0 Å². The zero-order valence-corrected chi connectivity index (χ0v) is 10.1. The van der Waals surface area contributed by atoms with Crippen LogP contribution in [0.4, 0.5) is 0 Å². The first kappa shape index (κ1) is 13.6. The van der Waals surface area contributed by atoms with Crippen molar-refractivity contribution in [1.29, 1.82) is 0 Å². The molecule has 0 N–H and O–H groups in total. The van der Waals surface area contributed by atoms with E-state index in [-0.39, 0.29) is 23.2 Å². The van der Waals surface area contributed by atoms with Gasteiger partial charge >= 0.3 is 0 Å². The third-order valence-electron chi connectivity index (χ3n) is 1.89. The van der Waals surface area contributed by atoms with Gasteiger partial charge in [-0.3, -0.25) is 4.79 Å². The minimum atomic E-state index is -2.94. The molecule has 0 fully saturated rings. The summed E-state index contributed by atoms with van der Waals surface area (Å²) in [5.41, 5.74) is 0. The Bertz CT molecular complexity index is 265. The summed E-state index contributed by atoms with van der Waals surface area (Å²) in [7, 11) is -2.94. The molecule has 0 bridgehead atoms. The van der Waals surface area contributed by atoms with Gasteiger partial charge in [0.05, 0.1) is 11.5 Å². The average molecular weight is 220 g/mol. The van der Waals surface area contributed by atoms with Crippen molar-refractivity contribution in [2.45, 2.75) is 40.0 Å². The number of sulfone groups is 1. The maximum Gasteiger partial charge on any atom is 0.150 e. The second-order valence-electron chi connectivity index (χ2n) is 4.00. The van der Waals surface area contributed by atoms with E-state index in [0.29, 0.717) is 19.3 Å². The Balaban J connectivity index is 3.83. The fourth-order valence-corrected chi connectivity index (χ4v) is 3.02. The van der Waals surface area contributed by atoms with Crippen molar-refractivity contribution in [3.8, 4) is 0 Å². The smallest absolute Gasteiger partial charge is 0.150 e. The Labute approximate surface area is 86.8 Å². The molecule has 0 saturated carbocycles. The lowest BCUT2D eigenvalue weighted by Crippen LogP contribution is -2.16. The average Bonchev–Trinajstić information content (AvgIpc) is 2.01. The highest BCUT2D eigenvalue weighted by Gasteiger charge is 2.13. The zero-order valence-electron chi connectivity index (χ0n) is 9.25. The predicted molar refractivity (Wildman–Crippen MR) is 58.0 cm³/mol. The van der Waals surface area contributed by atoms with Gasteiger partial charge in [0, 0.05) is 12.8 Å². The fourth-order valence-electron chi connectivity index (χ4n) is 1.26. The Morgan fingerprint density at radius 1 is 1.29 bits per heavy atom. The molecular formula is C10H20O3S. The van der Waals surface area contributed by atoms with E-state index in [4.69, 9.17) is 0 Å². The number of hydrogen-bond acceptors (Lipinski definition) is 3. The highest BCUT2D eigenvalue weighted by molar-refractivity contribution is 7.91. The van der Waals surface area contributed by atoms with Crippen LogP contribution < -0.4 is 0 Å². The topological polar surface area (TPSA) is 51.2 Å². The molecule has 84 valence electrons. The van der Waals surface area contributed by atoms with E-state index in [1.807, 2.05) is 13.8 Å². The van der Waals surface area contributed by atoms with E-state index in [1.165, 1.54) is 0 Å². The minimum absolute atomic E-state index is 0.143. The summed E-state index contributed by atoms with van der Waals surface area (Å²) in [6.45, 7) is 5.56. The fraction of sp³-hybridized carbons (Fsp3) is 0.900. The Hall–Kier alpha value is -0.380. The molecule has 0 aromatic rings. The molecule has 0 aromatic carbocycles. The van der Waals surface area contributed by atoms with Crippen LogP contribution in [-0.2, 0) is 14.6 Å². The standard InChI is InChI=1S/C10H20O3S/c1-4-10(11)6-5-7-14(12,13)8-9(2)3/h9H,4-8H2,1-3H3. The maximum absolute atomic E-state index is 11.4. The lowest BCUT2D eigenvalue weighted by atomic mass is 10.2. The Morgan fingerprint density at radius 2 is 1.86 bits per heavy atom. The molecule has 3 nitrogen and oxygen atoms in total. The van der Waals surface area contributed by atoms with Crippen molar-refractivity contribution in [1.82, 2.24) is 0 Å². The second-order valence-corrected chi connectivity index (χ2v) is 6.23. The van der Waals surface area contributed by atoms with Crippen molar-refractivity contribution < 1.29 is 13.2 Å². The van der Waals surface area contributed by atoms with Crippen LogP contribution in [0, 0.1) is 5.92 Å². The van der Waals surface area contributed by atoms with E-state index in [1.54, 1.807) is 6.92 Å². The third kappa shape index (κ3) is 7.06. The summed E-state index contributed by atoms with van der Waals surface area (Å²) in [5.74, 6) is 0.691. The first-order valence-corrected chi connectivity index (χ1v) is 6.91. The summed E-state index contributed by atoms with van der Waals surface area (Å²) in [4.78, 5) is 10.9. The largest absolute Gasteiger partial charge is 0.300 e. The third-order valence-corrected chi connectivity index (χ3v) is 3.98. The van der Waals surface area contributed by atoms with Gasteiger partial charge in [-0.1, -0.05) is 20.8 Å². The molecule has 0 rings (SSSR count). The maximum atomic E-state index is 11.4. The molecule has 0 heterocycles. The first-order chi connectivity index (χ1) is 6.37. The number of rotatable bonds is 7. The first-order valence-electron chi connectivity index (χ1n) is 5.09. The van der Waals surface area contributed by atoms with Crippen LogP contribution in [0.1, 0.15) is 40.0 Å². The van der Waals surface area contributed by atoms with Crippen molar-refractivity contribution in [3.63, 3.8) is 0 Å². The number of Topliss-reactive ketones (excluding diaryl/α,β-unsaturated/α-hetero) is 1. The highest BCUT2D eigenvalue weighted by atomic mass is 32.2. The molecule has 0 aliphatic carbocycles. The van der Waals surface area contributed by atoms with Gasteiger partial charge in [0.1, 0.15) is 5.78 Å². The van der Waals surface area contributed by atoms with E-state index in [9.17, 15) is 13.2 Å². The quantitative estimate of drug-likeness (QED) is 0.657. The van der Waals surface area contributed by atoms with Gasteiger partial charge in [-0.05, 0) is 12.3 Å². The lowest BCUT2D eigenvalue weighted by molar-refractivity contribution is -0.118. The highest BCUT2D eigenvalue weighted by Crippen LogP contribution is 2.04. The van der Waals surface area contributed by atoms with E-state index in [0.717, 1.165) is 0 Å². The molecule has 0 aliphatic rings. The molecule has 0 saturated heterocycles. The lowest BCUT2D eigenvalue weighted by Gasteiger charge is -2.05. The van der Waals surface area contributed by atoms with E-state index < -0.39 is 9.84 Å². The molecule has 0 aliphatic heterocycles. The van der Waals surface area contributed by atoms with Crippen LogP contribution in [-0.4, -0.2) is 25.7 Å².